The second-order valence-corrected chi connectivity index (χ2v) is 9.46. The quantitative estimate of drug-likeness (QED) is 0.603. The van der Waals surface area contributed by atoms with Crippen LogP contribution in [0.5, 0.6) is 0 Å². The zero-order valence-corrected chi connectivity index (χ0v) is 17.3. The first-order chi connectivity index (χ1) is 13.4. The second-order valence-electron chi connectivity index (χ2n) is 6.18. The van der Waals surface area contributed by atoms with Crippen molar-refractivity contribution in [3.05, 3.63) is 58.4 Å². The van der Waals surface area contributed by atoms with Gasteiger partial charge in [0, 0.05) is 5.56 Å². The fourth-order valence-corrected chi connectivity index (χ4v) is 4.77. The number of carbonyl (C=O) groups excluding carboxylic acids is 1. The van der Waals surface area contributed by atoms with Crippen molar-refractivity contribution < 1.29 is 13.2 Å². The van der Waals surface area contributed by atoms with Crippen molar-refractivity contribution in [3.8, 4) is 12.3 Å². The van der Waals surface area contributed by atoms with Gasteiger partial charge in [-0.2, -0.15) is 4.99 Å². The van der Waals surface area contributed by atoms with E-state index in [-0.39, 0.29) is 10.6 Å². The summed E-state index contributed by atoms with van der Waals surface area (Å²) in [4.78, 5) is 17.6. The molecule has 0 fully saturated rings. The second kappa shape index (κ2) is 8.13. The van der Waals surface area contributed by atoms with E-state index < -0.39 is 15.7 Å². The van der Waals surface area contributed by atoms with E-state index >= 15 is 0 Å². The van der Waals surface area contributed by atoms with Crippen LogP contribution in [0.3, 0.4) is 0 Å². The van der Waals surface area contributed by atoms with Crippen molar-refractivity contribution >= 4 is 37.3 Å². The Morgan fingerprint density at radius 2 is 1.89 bits per heavy atom. The number of carbonyl (C=O) groups is 1. The number of fused-ring (bicyclic) bond motifs is 1. The molecule has 1 aromatic heterocycles. The van der Waals surface area contributed by atoms with Crippen LogP contribution in [-0.2, 0) is 22.8 Å². The Balaban J connectivity index is 2.05. The number of nitrogens with zero attached hydrogens (tertiary/aromatic N) is 2. The molecule has 0 aliphatic heterocycles. The van der Waals surface area contributed by atoms with Crippen LogP contribution in [0.15, 0.2) is 52.4 Å². The summed E-state index contributed by atoms with van der Waals surface area (Å²) >= 11 is 1.41. The highest BCUT2D eigenvalue weighted by Crippen LogP contribution is 2.20. The van der Waals surface area contributed by atoms with E-state index in [2.05, 4.69) is 23.9 Å². The van der Waals surface area contributed by atoms with Gasteiger partial charge in [0.05, 0.1) is 27.4 Å². The van der Waals surface area contributed by atoms with Gasteiger partial charge in [0.25, 0.3) is 5.91 Å². The molecule has 0 spiro atoms. The van der Waals surface area contributed by atoms with Gasteiger partial charge in [0.1, 0.15) is 0 Å². The molecule has 0 N–H and O–H groups in total. The third-order valence-electron chi connectivity index (χ3n) is 4.44. The van der Waals surface area contributed by atoms with Crippen LogP contribution >= 0.6 is 11.3 Å². The number of terminal acetylenes is 1. The van der Waals surface area contributed by atoms with Gasteiger partial charge in [-0.15, -0.1) is 6.42 Å². The van der Waals surface area contributed by atoms with Crippen LogP contribution in [0, 0.1) is 12.3 Å². The number of benzene rings is 2. The predicted octanol–water partition coefficient (Wildman–Crippen LogP) is 3.43. The smallest absolute Gasteiger partial charge is 0.279 e. The number of hydrogen-bond donors (Lipinski definition) is 0. The number of sulfone groups is 1. The molecule has 5 nitrogen and oxygen atoms in total. The summed E-state index contributed by atoms with van der Waals surface area (Å²) in [5.41, 5.74) is 2.47. The molecule has 0 radical (unpaired) electrons. The minimum Gasteiger partial charge on any atom is -0.305 e. The van der Waals surface area contributed by atoms with E-state index in [9.17, 15) is 13.2 Å². The maximum absolute atomic E-state index is 12.6. The maximum atomic E-state index is 12.6. The molecule has 7 heteroatoms. The summed E-state index contributed by atoms with van der Waals surface area (Å²) in [5, 5.41) is 0. The van der Waals surface area contributed by atoms with Crippen LogP contribution in [0.1, 0.15) is 29.8 Å². The molecule has 0 unspecified atom stereocenters. The van der Waals surface area contributed by atoms with Crippen molar-refractivity contribution in [2.45, 2.75) is 31.7 Å². The van der Waals surface area contributed by atoms with Crippen molar-refractivity contribution in [1.29, 1.82) is 0 Å². The molecule has 0 aliphatic carbocycles. The lowest BCUT2D eigenvalue weighted by Gasteiger charge is -2.02. The Labute approximate surface area is 168 Å². The summed E-state index contributed by atoms with van der Waals surface area (Å²) in [7, 11) is -3.30. The maximum Gasteiger partial charge on any atom is 0.279 e. The van der Waals surface area contributed by atoms with Gasteiger partial charge >= 0.3 is 0 Å². The molecular formula is C21H20N2O3S2. The summed E-state index contributed by atoms with van der Waals surface area (Å²) < 4.78 is 26.7. The molecule has 0 aliphatic rings. The Hall–Kier alpha value is -2.69. The SMILES string of the molecule is C#CCn1c(=NC(=O)c2ccc(S(=O)(=O)CC)cc2)sc2cc(CC)ccc21. The van der Waals surface area contributed by atoms with Crippen molar-refractivity contribution in [2.24, 2.45) is 4.99 Å². The Morgan fingerprint density at radius 1 is 1.18 bits per heavy atom. The summed E-state index contributed by atoms with van der Waals surface area (Å²) in [6.45, 7) is 3.98. The lowest BCUT2D eigenvalue weighted by atomic mass is 10.2. The Kier molecular flexibility index (Phi) is 5.82. The predicted molar refractivity (Wildman–Crippen MR) is 112 cm³/mol. The van der Waals surface area contributed by atoms with Gasteiger partial charge in [0.2, 0.25) is 0 Å². The largest absolute Gasteiger partial charge is 0.305 e. The fraction of sp³-hybridized carbons (Fsp3) is 0.238. The van der Waals surface area contributed by atoms with Crippen molar-refractivity contribution in [2.75, 3.05) is 5.75 Å². The van der Waals surface area contributed by atoms with E-state index in [1.165, 1.54) is 41.2 Å². The minimum absolute atomic E-state index is 0.0122. The third kappa shape index (κ3) is 3.93. The van der Waals surface area contributed by atoms with Gasteiger partial charge < -0.3 is 4.57 Å². The first-order valence-electron chi connectivity index (χ1n) is 8.87. The average molecular weight is 413 g/mol. The standard InChI is InChI=1S/C21H20N2O3S2/c1-4-13-23-18-12-7-15(5-2)14-19(18)27-21(23)22-20(24)16-8-10-17(11-9-16)28(25,26)6-3/h1,7-12,14H,5-6,13H2,2-3H3. The number of thiazole rings is 1. The van der Waals surface area contributed by atoms with E-state index in [0.29, 0.717) is 16.9 Å². The van der Waals surface area contributed by atoms with Crippen LogP contribution in [0.2, 0.25) is 0 Å². The molecule has 28 heavy (non-hydrogen) atoms. The molecule has 3 aromatic rings. The molecule has 3 rings (SSSR count). The first kappa shape index (κ1) is 20.1. The highest BCUT2D eigenvalue weighted by atomic mass is 32.2. The monoisotopic (exact) mass is 412 g/mol. The number of aromatic nitrogens is 1. The van der Waals surface area contributed by atoms with Gasteiger partial charge in [-0.3, -0.25) is 4.79 Å². The molecule has 0 saturated heterocycles. The average Bonchev–Trinajstić information content (AvgIpc) is 3.04. The van der Waals surface area contributed by atoms with E-state index in [4.69, 9.17) is 6.42 Å². The van der Waals surface area contributed by atoms with Crippen LogP contribution < -0.4 is 4.80 Å². The van der Waals surface area contributed by atoms with Crippen LogP contribution in [-0.4, -0.2) is 24.6 Å². The van der Waals surface area contributed by atoms with Crippen LogP contribution in [0.25, 0.3) is 10.2 Å². The number of aryl methyl sites for hydroxylation is 1. The lowest BCUT2D eigenvalue weighted by molar-refractivity contribution is 0.0998. The van der Waals surface area contributed by atoms with Crippen molar-refractivity contribution in [1.82, 2.24) is 4.57 Å². The molecule has 144 valence electrons. The van der Waals surface area contributed by atoms with Gasteiger partial charge in [-0.05, 0) is 48.4 Å². The summed E-state index contributed by atoms with van der Waals surface area (Å²) in [6, 6.07) is 12.0. The van der Waals surface area contributed by atoms with Gasteiger partial charge in [-0.1, -0.05) is 37.2 Å². The number of hydrogen-bond acceptors (Lipinski definition) is 4. The minimum atomic E-state index is -3.30. The molecule has 1 amide bonds. The lowest BCUT2D eigenvalue weighted by Crippen LogP contribution is -2.16. The number of rotatable bonds is 5. The van der Waals surface area contributed by atoms with E-state index in [0.717, 1.165) is 16.6 Å². The zero-order chi connectivity index (χ0) is 20.3. The Morgan fingerprint density at radius 3 is 2.50 bits per heavy atom. The van der Waals surface area contributed by atoms with Crippen LogP contribution in [0.4, 0.5) is 0 Å². The molecular weight excluding hydrogens is 392 g/mol. The summed E-state index contributed by atoms with van der Waals surface area (Å²) in [5.74, 6) is 2.18. The third-order valence-corrected chi connectivity index (χ3v) is 7.23. The van der Waals surface area contributed by atoms with Gasteiger partial charge in [0.15, 0.2) is 14.6 Å². The first-order valence-corrected chi connectivity index (χ1v) is 11.3. The topological polar surface area (TPSA) is 68.5 Å². The zero-order valence-electron chi connectivity index (χ0n) is 15.7. The molecule has 0 bridgehead atoms. The van der Waals surface area contributed by atoms with E-state index in [1.807, 2.05) is 16.7 Å². The summed E-state index contributed by atoms with van der Waals surface area (Å²) in [6.07, 6.45) is 6.42. The fourth-order valence-electron chi connectivity index (χ4n) is 2.79. The van der Waals surface area contributed by atoms with E-state index in [1.54, 1.807) is 6.92 Å². The van der Waals surface area contributed by atoms with Crippen molar-refractivity contribution in [3.63, 3.8) is 0 Å². The normalized spacial score (nSPS) is 12.2. The van der Waals surface area contributed by atoms with Gasteiger partial charge in [-0.25, -0.2) is 8.42 Å². The molecule has 0 atom stereocenters. The molecule has 1 heterocycles. The number of amides is 1. The molecule has 0 saturated carbocycles. The Bertz CT molecular complexity index is 1240. The highest BCUT2D eigenvalue weighted by molar-refractivity contribution is 7.91. The highest BCUT2D eigenvalue weighted by Gasteiger charge is 2.13. The molecule has 2 aromatic carbocycles.